The highest BCUT2D eigenvalue weighted by Crippen LogP contribution is 2.16. The summed E-state index contributed by atoms with van der Waals surface area (Å²) in [5.41, 5.74) is 0. The van der Waals surface area contributed by atoms with Crippen LogP contribution in [-0.2, 0) is 14.3 Å². The van der Waals surface area contributed by atoms with Gasteiger partial charge in [-0.05, 0) is 83.5 Å². The third-order valence-corrected chi connectivity index (χ3v) is 10.2. The van der Waals surface area contributed by atoms with Crippen LogP contribution in [0.15, 0.2) is 109 Å². The second-order valence-electron chi connectivity index (χ2n) is 15.8. The average Bonchev–Trinajstić information content (AvgIpc) is 3.24. The lowest BCUT2D eigenvalue weighted by molar-refractivity contribution is -0.150. The molecule has 3 N–H and O–H groups in total. The van der Waals surface area contributed by atoms with Crippen LogP contribution in [0.4, 0.5) is 0 Å². The van der Waals surface area contributed by atoms with Crippen LogP contribution >= 0.6 is 0 Å². The molecule has 1 amide bonds. The summed E-state index contributed by atoms with van der Waals surface area (Å²) in [6.45, 7) is 6.17. The normalized spacial score (nSPS) is 14.3. The van der Waals surface area contributed by atoms with E-state index in [2.05, 4.69) is 129 Å². The topological polar surface area (TPSA) is 95.9 Å². The van der Waals surface area contributed by atoms with Crippen molar-refractivity contribution in [2.45, 2.75) is 212 Å². The second-order valence-corrected chi connectivity index (χ2v) is 15.8. The number of aliphatic hydroxyl groups is 2. The molecule has 60 heavy (non-hydrogen) atoms. The summed E-state index contributed by atoms with van der Waals surface area (Å²) in [4.78, 5) is 26.0. The van der Waals surface area contributed by atoms with Crippen molar-refractivity contribution in [1.29, 1.82) is 0 Å². The zero-order chi connectivity index (χ0) is 43.8. The van der Waals surface area contributed by atoms with Crippen LogP contribution in [0.1, 0.15) is 194 Å². The van der Waals surface area contributed by atoms with E-state index in [0.717, 1.165) is 103 Å². The number of aliphatic hydroxyl groups excluding tert-OH is 2. The molecule has 0 heterocycles. The third kappa shape index (κ3) is 41.3. The number of unbranched alkanes of at least 4 members (excludes halogenated alkanes) is 13. The number of carbonyl (C=O) groups excluding carboxylic acids is 2. The van der Waals surface area contributed by atoms with Gasteiger partial charge in [-0.25, -0.2) is 0 Å². The Hall–Kier alpha value is -3.48. The number of nitrogens with one attached hydrogen (secondary N) is 1. The molecule has 0 aliphatic rings. The van der Waals surface area contributed by atoms with Gasteiger partial charge < -0.3 is 20.3 Å². The molecule has 3 unspecified atom stereocenters. The van der Waals surface area contributed by atoms with Crippen LogP contribution in [0.3, 0.4) is 0 Å². The number of amides is 1. The first kappa shape index (κ1) is 56.5. The van der Waals surface area contributed by atoms with Crippen molar-refractivity contribution in [3.8, 4) is 0 Å². The maximum absolute atomic E-state index is 13.1. The Morgan fingerprint density at radius 2 is 0.983 bits per heavy atom. The van der Waals surface area contributed by atoms with Crippen LogP contribution in [0.2, 0.25) is 0 Å². The van der Waals surface area contributed by atoms with E-state index >= 15 is 0 Å². The highest BCUT2D eigenvalue weighted by Gasteiger charge is 2.24. The Bertz CT molecular complexity index is 1250. The molecule has 0 aromatic rings. The molecule has 6 heteroatoms. The molecular weight excluding hydrogens is 743 g/mol. The lowest BCUT2D eigenvalue weighted by Gasteiger charge is -2.24. The van der Waals surface area contributed by atoms with Gasteiger partial charge in [-0.2, -0.15) is 0 Å². The first-order valence-corrected chi connectivity index (χ1v) is 24.1. The summed E-state index contributed by atoms with van der Waals surface area (Å²) in [5, 5.41) is 23.6. The van der Waals surface area contributed by atoms with Crippen molar-refractivity contribution >= 4 is 11.9 Å². The standard InChI is InChI=1S/C54H89NO5/c1-4-7-10-13-16-19-21-23-24-25-26-27-28-30-32-35-38-41-44-47-54(59)60-50(45-42-39-36-34-31-29-22-20-17-14-11-8-5-2)48-53(58)55-51(49-56)52(57)46-43-40-37-33-18-15-12-9-6-3/h7-8,10-11,14,16-17,19-20,22-24,26-27,30,32,38,41,50-52,56-57H,4-6,9,12-13,15,18,21,25,28-29,31,33-37,39-40,42-49H2,1-3H3,(H,55,58)/b10-7-,11-8+,17-14+,19-16-,22-20+,24-23-,27-26-,32-30-,41-38-. The van der Waals surface area contributed by atoms with E-state index in [-0.39, 0.29) is 31.3 Å². The van der Waals surface area contributed by atoms with Crippen LogP contribution in [0.5, 0.6) is 0 Å². The third-order valence-electron chi connectivity index (χ3n) is 10.2. The van der Waals surface area contributed by atoms with Crippen LogP contribution < -0.4 is 5.32 Å². The largest absolute Gasteiger partial charge is 0.462 e. The molecule has 0 aromatic heterocycles. The molecular formula is C54H89NO5. The summed E-state index contributed by atoms with van der Waals surface area (Å²) in [6, 6.07) is -0.728. The number of esters is 1. The van der Waals surface area contributed by atoms with Crippen molar-refractivity contribution in [3.63, 3.8) is 0 Å². The summed E-state index contributed by atoms with van der Waals surface area (Å²) in [5.74, 6) is -0.608. The monoisotopic (exact) mass is 832 g/mol. The summed E-state index contributed by atoms with van der Waals surface area (Å²) in [6.07, 6.45) is 63.0. The number of carbonyl (C=O) groups is 2. The van der Waals surface area contributed by atoms with Crippen molar-refractivity contribution < 1.29 is 24.5 Å². The van der Waals surface area contributed by atoms with Gasteiger partial charge in [0.25, 0.3) is 0 Å². The molecule has 0 spiro atoms. The minimum Gasteiger partial charge on any atom is -0.462 e. The minimum atomic E-state index is -0.810. The Kier molecular flexibility index (Phi) is 43.9. The SMILES string of the molecule is CC/C=C\C/C=C\C/C=C\C/C=C\C/C=C\C/C=C\CCC(=O)OC(CCCCCCC/C=C/C=C/C=C/CC)CC(=O)NC(CO)C(O)CCCCCCCCCCC. The molecule has 340 valence electrons. The highest BCUT2D eigenvalue weighted by molar-refractivity contribution is 5.77. The van der Waals surface area contributed by atoms with E-state index in [1.54, 1.807) is 0 Å². The summed E-state index contributed by atoms with van der Waals surface area (Å²) in [7, 11) is 0. The maximum atomic E-state index is 13.1. The van der Waals surface area contributed by atoms with Gasteiger partial charge in [0.15, 0.2) is 0 Å². The number of ether oxygens (including phenoxy) is 1. The van der Waals surface area contributed by atoms with Gasteiger partial charge in [-0.15, -0.1) is 0 Å². The molecule has 0 fully saturated rings. The zero-order valence-corrected chi connectivity index (χ0v) is 38.5. The molecule has 3 atom stereocenters. The first-order valence-electron chi connectivity index (χ1n) is 24.1. The van der Waals surface area contributed by atoms with E-state index < -0.39 is 18.2 Å². The molecule has 0 aliphatic carbocycles. The Morgan fingerprint density at radius 3 is 1.52 bits per heavy atom. The van der Waals surface area contributed by atoms with Gasteiger partial charge in [0, 0.05) is 6.42 Å². The van der Waals surface area contributed by atoms with Crippen molar-refractivity contribution in [2.75, 3.05) is 6.61 Å². The molecule has 0 rings (SSSR count). The smallest absolute Gasteiger partial charge is 0.306 e. The van der Waals surface area contributed by atoms with E-state index in [4.69, 9.17) is 4.74 Å². The van der Waals surface area contributed by atoms with Crippen LogP contribution in [0.25, 0.3) is 0 Å². The van der Waals surface area contributed by atoms with Gasteiger partial charge in [0.05, 0.1) is 25.2 Å². The minimum absolute atomic E-state index is 0.0264. The fourth-order valence-corrected chi connectivity index (χ4v) is 6.57. The van der Waals surface area contributed by atoms with Gasteiger partial charge in [-0.1, -0.05) is 207 Å². The summed E-state index contributed by atoms with van der Waals surface area (Å²) >= 11 is 0. The number of allylic oxidation sites excluding steroid dienone is 18. The first-order chi connectivity index (χ1) is 29.5. The molecule has 0 bridgehead atoms. The van der Waals surface area contributed by atoms with Gasteiger partial charge >= 0.3 is 5.97 Å². The molecule has 0 radical (unpaired) electrons. The van der Waals surface area contributed by atoms with Crippen LogP contribution in [0, 0.1) is 0 Å². The van der Waals surface area contributed by atoms with E-state index in [1.807, 2.05) is 6.08 Å². The number of rotatable bonds is 41. The van der Waals surface area contributed by atoms with Gasteiger partial charge in [-0.3, -0.25) is 9.59 Å². The van der Waals surface area contributed by atoms with E-state index in [1.165, 1.54) is 38.5 Å². The molecule has 0 saturated carbocycles. The predicted octanol–water partition coefficient (Wildman–Crippen LogP) is 14.3. The van der Waals surface area contributed by atoms with Crippen molar-refractivity contribution in [2.24, 2.45) is 0 Å². The molecule has 0 aliphatic heterocycles. The van der Waals surface area contributed by atoms with Gasteiger partial charge in [0.1, 0.15) is 6.10 Å². The lowest BCUT2D eigenvalue weighted by atomic mass is 10.0. The Balaban J connectivity index is 4.75. The van der Waals surface area contributed by atoms with E-state index in [9.17, 15) is 19.8 Å². The van der Waals surface area contributed by atoms with Gasteiger partial charge in [0.2, 0.25) is 5.91 Å². The maximum Gasteiger partial charge on any atom is 0.306 e. The van der Waals surface area contributed by atoms with Crippen molar-refractivity contribution in [1.82, 2.24) is 5.32 Å². The Morgan fingerprint density at radius 1 is 0.517 bits per heavy atom. The fourth-order valence-electron chi connectivity index (χ4n) is 6.57. The quantitative estimate of drug-likeness (QED) is 0.0247. The van der Waals surface area contributed by atoms with Crippen molar-refractivity contribution in [3.05, 3.63) is 109 Å². The number of hydrogen-bond donors (Lipinski definition) is 3. The number of hydrogen-bond acceptors (Lipinski definition) is 5. The highest BCUT2D eigenvalue weighted by atomic mass is 16.5. The molecule has 0 saturated heterocycles. The van der Waals surface area contributed by atoms with E-state index in [0.29, 0.717) is 19.3 Å². The fraction of sp³-hybridized carbons (Fsp3) is 0.630. The average molecular weight is 832 g/mol. The zero-order valence-electron chi connectivity index (χ0n) is 38.5. The van der Waals surface area contributed by atoms with Crippen LogP contribution in [-0.4, -0.2) is 46.9 Å². The summed E-state index contributed by atoms with van der Waals surface area (Å²) < 4.78 is 5.86. The predicted molar refractivity (Wildman–Crippen MR) is 259 cm³/mol. The lowest BCUT2D eigenvalue weighted by Crippen LogP contribution is -2.46. The Labute approximate surface area is 368 Å². The molecule has 6 nitrogen and oxygen atoms in total. The second kappa shape index (κ2) is 46.6. The molecule has 0 aromatic carbocycles.